The van der Waals surface area contributed by atoms with E-state index in [0.29, 0.717) is 0 Å². The first-order chi connectivity index (χ1) is 9.51. The standard InChI is InChI=1S/C15H15BrClIN2/c1-9-2-3-10(13(17)6-9)7-15(20-19)12-8-11(16)4-5-14(12)18/h2-6,8,15,20H,7,19H2,1H3. The molecule has 0 aliphatic carbocycles. The van der Waals surface area contributed by atoms with Crippen LogP contribution in [-0.4, -0.2) is 0 Å². The number of halogens is 3. The molecule has 0 aliphatic rings. The third kappa shape index (κ3) is 3.95. The molecule has 0 aromatic heterocycles. The summed E-state index contributed by atoms with van der Waals surface area (Å²) in [5.41, 5.74) is 6.31. The second-order valence-corrected chi connectivity index (χ2v) is 7.17. The first-order valence-corrected chi connectivity index (χ1v) is 8.42. The van der Waals surface area contributed by atoms with Crippen LogP contribution in [0.15, 0.2) is 40.9 Å². The van der Waals surface area contributed by atoms with Gasteiger partial charge in [0.15, 0.2) is 0 Å². The molecule has 0 bridgehead atoms. The Bertz CT molecular complexity index is 619. The Balaban J connectivity index is 2.31. The van der Waals surface area contributed by atoms with Crippen LogP contribution in [0, 0.1) is 10.5 Å². The normalized spacial score (nSPS) is 12.4. The molecule has 0 heterocycles. The zero-order valence-electron chi connectivity index (χ0n) is 11.0. The number of hydrogen-bond donors (Lipinski definition) is 2. The highest BCUT2D eigenvalue weighted by Gasteiger charge is 2.15. The van der Waals surface area contributed by atoms with E-state index in [9.17, 15) is 0 Å². The van der Waals surface area contributed by atoms with Gasteiger partial charge in [-0.25, -0.2) is 0 Å². The molecule has 0 aliphatic heterocycles. The molecule has 106 valence electrons. The van der Waals surface area contributed by atoms with Gasteiger partial charge in [0.1, 0.15) is 0 Å². The quantitative estimate of drug-likeness (QED) is 0.388. The van der Waals surface area contributed by atoms with E-state index in [4.69, 9.17) is 17.4 Å². The molecule has 5 heteroatoms. The van der Waals surface area contributed by atoms with Crippen molar-refractivity contribution in [2.75, 3.05) is 0 Å². The zero-order chi connectivity index (χ0) is 14.7. The van der Waals surface area contributed by atoms with Gasteiger partial charge in [0, 0.05) is 13.1 Å². The van der Waals surface area contributed by atoms with Crippen molar-refractivity contribution in [3.05, 3.63) is 66.2 Å². The Morgan fingerprint density at radius 1 is 1.30 bits per heavy atom. The molecule has 0 saturated carbocycles. The fraction of sp³-hybridized carbons (Fsp3) is 0.200. The van der Waals surface area contributed by atoms with Gasteiger partial charge in [-0.15, -0.1) is 0 Å². The zero-order valence-corrected chi connectivity index (χ0v) is 15.5. The van der Waals surface area contributed by atoms with Crippen LogP contribution in [-0.2, 0) is 6.42 Å². The number of rotatable bonds is 4. The van der Waals surface area contributed by atoms with Crippen molar-refractivity contribution in [1.29, 1.82) is 0 Å². The molecule has 1 unspecified atom stereocenters. The number of benzene rings is 2. The minimum Gasteiger partial charge on any atom is -0.271 e. The Labute approximate surface area is 146 Å². The largest absolute Gasteiger partial charge is 0.271 e. The van der Waals surface area contributed by atoms with Crippen molar-refractivity contribution in [3.63, 3.8) is 0 Å². The summed E-state index contributed by atoms with van der Waals surface area (Å²) in [7, 11) is 0. The van der Waals surface area contributed by atoms with Crippen molar-refractivity contribution in [2.45, 2.75) is 19.4 Å². The Kier molecular flexibility index (Phi) is 5.86. The lowest BCUT2D eigenvalue weighted by Crippen LogP contribution is -2.30. The molecule has 0 amide bonds. The number of nitrogens with two attached hydrogens (primary N) is 1. The fourth-order valence-electron chi connectivity index (χ4n) is 2.08. The predicted octanol–water partition coefficient (Wildman–Crippen LogP) is 4.76. The monoisotopic (exact) mass is 464 g/mol. The predicted molar refractivity (Wildman–Crippen MR) is 96.8 cm³/mol. The van der Waals surface area contributed by atoms with E-state index in [0.717, 1.165) is 27.0 Å². The molecule has 2 nitrogen and oxygen atoms in total. The highest BCUT2D eigenvalue weighted by Crippen LogP contribution is 2.28. The summed E-state index contributed by atoms with van der Waals surface area (Å²) in [4.78, 5) is 0. The summed E-state index contributed by atoms with van der Waals surface area (Å²) in [5, 5.41) is 0.787. The van der Waals surface area contributed by atoms with E-state index in [-0.39, 0.29) is 6.04 Å². The first-order valence-electron chi connectivity index (χ1n) is 6.17. The van der Waals surface area contributed by atoms with Crippen molar-refractivity contribution in [1.82, 2.24) is 5.43 Å². The lowest BCUT2D eigenvalue weighted by atomic mass is 9.99. The second-order valence-electron chi connectivity index (χ2n) is 4.68. The highest BCUT2D eigenvalue weighted by atomic mass is 127. The van der Waals surface area contributed by atoms with Crippen molar-refractivity contribution >= 4 is 50.1 Å². The van der Waals surface area contributed by atoms with Gasteiger partial charge in [0.25, 0.3) is 0 Å². The molecule has 0 saturated heterocycles. The lowest BCUT2D eigenvalue weighted by Gasteiger charge is -2.19. The topological polar surface area (TPSA) is 38.0 Å². The third-order valence-corrected chi connectivity index (χ3v) is 4.99. The smallest absolute Gasteiger partial charge is 0.0511 e. The Morgan fingerprint density at radius 3 is 2.70 bits per heavy atom. The summed E-state index contributed by atoms with van der Waals surface area (Å²) in [6, 6.07) is 12.3. The molecule has 2 aromatic rings. The molecule has 3 N–H and O–H groups in total. The number of nitrogens with one attached hydrogen (secondary N) is 1. The van der Waals surface area contributed by atoms with Crippen LogP contribution in [0.5, 0.6) is 0 Å². The van der Waals surface area contributed by atoms with Crippen LogP contribution >= 0.6 is 50.1 Å². The molecule has 0 spiro atoms. The van der Waals surface area contributed by atoms with E-state index in [2.05, 4.69) is 68.2 Å². The number of hydrogen-bond acceptors (Lipinski definition) is 2. The van der Waals surface area contributed by atoms with Crippen molar-refractivity contribution < 1.29 is 0 Å². The second kappa shape index (κ2) is 7.22. The van der Waals surface area contributed by atoms with Crippen LogP contribution in [0.1, 0.15) is 22.7 Å². The molecule has 2 rings (SSSR count). The van der Waals surface area contributed by atoms with Crippen LogP contribution in [0.2, 0.25) is 5.02 Å². The number of hydrazine groups is 1. The summed E-state index contributed by atoms with van der Waals surface area (Å²) >= 11 is 12.1. The molecular weight excluding hydrogens is 450 g/mol. The van der Waals surface area contributed by atoms with Gasteiger partial charge < -0.3 is 0 Å². The van der Waals surface area contributed by atoms with E-state index in [1.165, 1.54) is 9.13 Å². The maximum Gasteiger partial charge on any atom is 0.0511 e. The first kappa shape index (κ1) is 16.2. The van der Waals surface area contributed by atoms with Crippen LogP contribution in [0.3, 0.4) is 0 Å². The minimum absolute atomic E-state index is 0.0274. The van der Waals surface area contributed by atoms with Crippen molar-refractivity contribution in [3.8, 4) is 0 Å². The maximum atomic E-state index is 6.31. The SMILES string of the molecule is Cc1ccc(CC(NN)c2cc(Br)ccc2I)c(Cl)c1. The van der Waals surface area contributed by atoms with E-state index < -0.39 is 0 Å². The average molecular weight is 466 g/mol. The highest BCUT2D eigenvalue weighted by molar-refractivity contribution is 14.1. The summed E-state index contributed by atoms with van der Waals surface area (Å²) in [5.74, 6) is 5.74. The molecule has 0 radical (unpaired) electrons. The Hall–Kier alpha value is -0.140. The summed E-state index contributed by atoms with van der Waals surface area (Å²) in [6.45, 7) is 2.03. The van der Waals surface area contributed by atoms with Crippen LogP contribution in [0.25, 0.3) is 0 Å². The third-order valence-electron chi connectivity index (χ3n) is 3.17. The van der Waals surface area contributed by atoms with Gasteiger partial charge in [-0.05, 0) is 76.9 Å². The maximum absolute atomic E-state index is 6.31. The van der Waals surface area contributed by atoms with Gasteiger partial charge in [0.05, 0.1) is 6.04 Å². The molecule has 2 aromatic carbocycles. The van der Waals surface area contributed by atoms with Gasteiger partial charge in [-0.1, -0.05) is 39.7 Å². The van der Waals surface area contributed by atoms with Gasteiger partial charge >= 0.3 is 0 Å². The minimum atomic E-state index is 0.0274. The average Bonchev–Trinajstić information content (AvgIpc) is 2.41. The molecule has 20 heavy (non-hydrogen) atoms. The lowest BCUT2D eigenvalue weighted by molar-refractivity contribution is 0.549. The van der Waals surface area contributed by atoms with Crippen molar-refractivity contribution in [2.24, 2.45) is 5.84 Å². The van der Waals surface area contributed by atoms with E-state index >= 15 is 0 Å². The van der Waals surface area contributed by atoms with E-state index in [1.54, 1.807) is 0 Å². The van der Waals surface area contributed by atoms with Crippen LogP contribution in [0.4, 0.5) is 0 Å². The van der Waals surface area contributed by atoms with Crippen LogP contribution < -0.4 is 11.3 Å². The molecular formula is C15H15BrClIN2. The Morgan fingerprint density at radius 2 is 2.05 bits per heavy atom. The molecule has 1 atom stereocenters. The fourth-order valence-corrected chi connectivity index (χ4v) is 3.48. The number of aryl methyl sites for hydroxylation is 1. The van der Waals surface area contributed by atoms with Gasteiger partial charge in [-0.3, -0.25) is 11.3 Å². The molecule has 0 fully saturated rings. The summed E-state index contributed by atoms with van der Waals surface area (Å²) < 4.78 is 2.22. The van der Waals surface area contributed by atoms with Gasteiger partial charge in [0.2, 0.25) is 0 Å². The van der Waals surface area contributed by atoms with Gasteiger partial charge in [-0.2, -0.15) is 0 Å². The summed E-state index contributed by atoms with van der Waals surface area (Å²) in [6.07, 6.45) is 0.752. The van der Waals surface area contributed by atoms with E-state index in [1.807, 2.05) is 19.1 Å².